The monoisotopic (exact) mass is 138 g/mol. The minimum absolute atomic E-state index is 0.417. The van der Waals surface area contributed by atoms with Crippen molar-refractivity contribution in [2.75, 3.05) is 16.6 Å². The number of rotatable bonds is 0. The zero-order valence-electron chi connectivity index (χ0n) is 3.75. The molecule has 1 aliphatic heterocycles. The van der Waals surface area contributed by atoms with Gasteiger partial charge in [-0.2, -0.15) is 0 Å². The van der Waals surface area contributed by atoms with Crippen molar-refractivity contribution in [1.82, 2.24) is 0 Å². The summed E-state index contributed by atoms with van der Waals surface area (Å²) in [5, 5.41) is 0.417. The quantitative estimate of drug-likeness (QED) is 0.450. The molecule has 1 fully saturated rings. The van der Waals surface area contributed by atoms with E-state index < -0.39 is 21.6 Å². The first-order valence-corrected chi connectivity index (χ1v) is 4.96. The van der Waals surface area contributed by atoms with Gasteiger partial charge < -0.3 is 0 Å². The summed E-state index contributed by atoms with van der Waals surface area (Å²) in [5.74, 6) is 1.29. The van der Waals surface area contributed by atoms with Gasteiger partial charge in [-0.3, -0.25) is 8.42 Å². The molecule has 2 nitrogen and oxygen atoms in total. The topological polar surface area (TPSA) is 34.1 Å². The van der Waals surface area contributed by atoms with E-state index in [9.17, 15) is 8.42 Å². The average Bonchev–Trinajstić information content (AvgIpc) is 1.87. The first-order valence-electron chi connectivity index (χ1n) is 1.99. The van der Waals surface area contributed by atoms with Gasteiger partial charge in [-0.25, -0.2) is 0 Å². The lowest BCUT2D eigenvalue weighted by Gasteiger charge is -1.74. The second-order valence-corrected chi connectivity index (χ2v) is 4.92. The molecule has 4 heteroatoms. The molecule has 7 heavy (non-hydrogen) atoms. The van der Waals surface area contributed by atoms with Crippen molar-refractivity contribution in [1.29, 1.82) is 0 Å². The molecule has 0 aromatic rings. The van der Waals surface area contributed by atoms with E-state index in [1.807, 2.05) is 0 Å². The largest absolute Gasteiger partial charge is 0.259 e. The predicted molar refractivity (Wildman–Crippen MR) is 30.9 cm³/mol. The van der Waals surface area contributed by atoms with E-state index in [1.54, 1.807) is 0 Å². The molecule has 1 aliphatic rings. The normalized spacial score (nSPS) is 41.7. The van der Waals surface area contributed by atoms with Gasteiger partial charge in [0.15, 0.2) is 0 Å². The van der Waals surface area contributed by atoms with Crippen molar-refractivity contribution in [3.05, 3.63) is 0 Å². The second kappa shape index (κ2) is 2.05. The molecule has 1 rings (SSSR count). The predicted octanol–water partition coefficient (Wildman–Crippen LogP) is -0.545. The first-order chi connectivity index (χ1) is 3.29. The first kappa shape index (κ1) is 5.44. The summed E-state index contributed by atoms with van der Waals surface area (Å²) in [6.45, 7) is 0. The molecule has 1 saturated heterocycles. The fourth-order valence-electron chi connectivity index (χ4n) is 0.450. The van der Waals surface area contributed by atoms with Crippen molar-refractivity contribution in [2.24, 2.45) is 0 Å². The van der Waals surface area contributed by atoms with Crippen LogP contribution in [0.1, 0.15) is 0 Å². The molecular formula is C3H6O2S2. The Balaban J connectivity index is 2.55. The van der Waals surface area contributed by atoms with Gasteiger partial charge in [0.25, 0.3) is 0 Å². The van der Waals surface area contributed by atoms with E-state index in [4.69, 9.17) is 0 Å². The summed E-state index contributed by atoms with van der Waals surface area (Å²) >= 11 is 0. The summed E-state index contributed by atoms with van der Waals surface area (Å²) in [5.41, 5.74) is 0. The van der Waals surface area contributed by atoms with Crippen LogP contribution in [0.2, 0.25) is 0 Å². The molecule has 0 bridgehead atoms. The van der Waals surface area contributed by atoms with Crippen LogP contribution >= 0.6 is 0 Å². The smallest absolute Gasteiger partial charge is 0.0992 e. The molecule has 0 aromatic carbocycles. The lowest BCUT2D eigenvalue weighted by Crippen LogP contribution is -1.88. The highest BCUT2D eigenvalue weighted by molar-refractivity contribution is 8.05. The molecule has 0 amide bonds. The van der Waals surface area contributed by atoms with Crippen LogP contribution in [0.4, 0.5) is 0 Å². The molecule has 0 saturated carbocycles. The third-order valence-corrected chi connectivity index (χ3v) is 4.48. The van der Waals surface area contributed by atoms with Gasteiger partial charge in [0.2, 0.25) is 0 Å². The van der Waals surface area contributed by atoms with E-state index >= 15 is 0 Å². The van der Waals surface area contributed by atoms with E-state index in [1.165, 1.54) is 0 Å². The van der Waals surface area contributed by atoms with Crippen LogP contribution < -0.4 is 0 Å². The molecule has 42 valence electrons. The minimum atomic E-state index is -0.753. The van der Waals surface area contributed by atoms with Gasteiger partial charge in [-0.1, -0.05) is 0 Å². The van der Waals surface area contributed by atoms with Gasteiger partial charge in [0, 0.05) is 33.1 Å². The number of hydrogen-bond acceptors (Lipinski definition) is 2. The van der Waals surface area contributed by atoms with Gasteiger partial charge in [-0.05, 0) is 0 Å². The van der Waals surface area contributed by atoms with Crippen molar-refractivity contribution in [3.63, 3.8) is 0 Å². The molecule has 0 N–H and O–H groups in total. The fourth-order valence-corrected chi connectivity index (χ4v) is 4.05. The third kappa shape index (κ3) is 1.35. The van der Waals surface area contributed by atoms with Crippen molar-refractivity contribution < 1.29 is 8.42 Å². The highest BCUT2D eigenvalue weighted by atomic mass is 32.2. The van der Waals surface area contributed by atoms with Crippen LogP contribution in [0.3, 0.4) is 0 Å². The Labute approximate surface area is 47.2 Å². The van der Waals surface area contributed by atoms with Crippen LogP contribution in [-0.4, -0.2) is 25.0 Å². The Bertz CT molecular complexity index is 106. The highest BCUT2D eigenvalue weighted by Gasteiger charge is 2.14. The molecule has 0 aromatic heterocycles. The summed E-state index contributed by atoms with van der Waals surface area (Å²) < 4.78 is 20.7. The zero-order valence-corrected chi connectivity index (χ0v) is 5.39. The fraction of sp³-hybridized carbons (Fsp3) is 1.00. The maximum Gasteiger partial charge on any atom is 0.0992 e. The Morgan fingerprint density at radius 2 is 1.43 bits per heavy atom. The van der Waals surface area contributed by atoms with Crippen molar-refractivity contribution in [3.8, 4) is 0 Å². The highest BCUT2D eigenvalue weighted by Crippen LogP contribution is 1.98. The van der Waals surface area contributed by atoms with E-state index in [0.29, 0.717) is 16.6 Å². The maximum absolute atomic E-state index is 10.4. The average molecular weight is 138 g/mol. The lowest BCUT2D eigenvalue weighted by molar-refractivity contribution is 0.686. The second-order valence-electron chi connectivity index (χ2n) is 1.41. The minimum Gasteiger partial charge on any atom is -0.259 e. The Morgan fingerprint density at radius 3 is 1.57 bits per heavy atom. The summed E-state index contributed by atoms with van der Waals surface area (Å²) in [6, 6.07) is 0. The molecule has 0 aliphatic carbocycles. The maximum atomic E-state index is 10.4. The van der Waals surface area contributed by atoms with Crippen molar-refractivity contribution >= 4 is 21.6 Å². The van der Waals surface area contributed by atoms with Crippen LogP contribution in [0.5, 0.6) is 0 Å². The van der Waals surface area contributed by atoms with Gasteiger partial charge in [0.05, 0.1) is 5.08 Å². The van der Waals surface area contributed by atoms with Gasteiger partial charge in [-0.15, -0.1) is 0 Å². The Morgan fingerprint density at radius 1 is 1.00 bits per heavy atom. The molecule has 0 spiro atoms. The summed E-state index contributed by atoms with van der Waals surface area (Å²) in [6.07, 6.45) is 0. The van der Waals surface area contributed by atoms with E-state index in [-0.39, 0.29) is 0 Å². The van der Waals surface area contributed by atoms with Crippen LogP contribution in [0, 0.1) is 0 Å². The lowest BCUT2D eigenvalue weighted by atomic mass is 11.0. The standard InChI is InChI=1S/C3H6O2S2/c4-6-1-2-7(5)3-6/h1-3H2. The Kier molecular flexibility index (Phi) is 1.59. The molecule has 2 unspecified atom stereocenters. The van der Waals surface area contributed by atoms with Crippen molar-refractivity contribution in [2.45, 2.75) is 0 Å². The zero-order chi connectivity index (χ0) is 5.28. The molecule has 1 heterocycles. The van der Waals surface area contributed by atoms with E-state index in [0.717, 1.165) is 0 Å². The van der Waals surface area contributed by atoms with E-state index in [2.05, 4.69) is 0 Å². The van der Waals surface area contributed by atoms with Crippen LogP contribution in [-0.2, 0) is 21.6 Å². The van der Waals surface area contributed by atoms with Crippen LogP contribution in [0.25, 0.3) is 0 Å². The summed E-state index contributed by atoms with van der Waals surface area (Å²) in [7, 11) is -1.51. The summed E-state index contributed by atoms with van der Waals surface area (Å²) in [4.78, 5) is 0. The molecule has 2 atom stereocenters. The third-order valence-electron chi connectivity index (χ3n) is 0.802. The van der Waals surface area contributed by atoms with Crippen LogP contribution in [0.15, 0.2) is 0 Å². The SMILES string of the molecule is O=S1CCS(=O)C1. The Hall–Kier alpha value is 0.300. The molecular weight excluding hydrogens is 132 g/mol. The molecule has 0 radical (unpaired) electrons. The van der Waals surface area contributed by atoms with Gasteiger partial charge >= 0.3 is 0 Å². The van der Waals surface area contributed by atoms with Gasteiger partial charge in [0.1, 0.15) is 0 Å². The number of hydrogen-bond donors (Lipinski definition) is 0.